The minimum Gasteiger partial charge on any atom is -0.495 e. The van der Waals surface area contributed by atoms with E-state index in [1.807, 2.05) is 12.1 Å². The van der Waals surface area contributed by atoms with Crippen molar-refractivity contribution >= 4 is 37.5 Å². The number of halogens is 2. The van der Waals surface area contributed by atoms with Crippen molar-refractivity contribution in [2.75, 3.05) is 12.4 Å². The Morgan fingerprint density at radius 2 is 2.15 bits per heavy atom. The second-order valence-electron chi connectivity index (χ2n) is 3.96. The number of anilines is 1. The number of rotatable bonds is 4. The molecule has 0 bridgehead atoms. The van der Waals surface area contributed by atoms with Crippen LogP contribution in [0.3, 0.4) is 0 Å². The summed E-state index contributed by atoms with van der Waals surface area (Å²) in [5, 5.41) is 12.1. The van der Waals surface area contributed by atoms with Crippen LogP contribution in [0.2, 0.25) is 0 Å². The van der Waals surface area contributed by atoms with Crippen molar-refractivity contribution < 1.29 is 4.74 Å². The van der Waals surface area contributed by atoms with E-state index in [2.05, 4.69) is 48.2 Å². The van der Waals surface area contributed by atoms with Gasteiger partial charge in [-0.3, -0.25) is 4.98 Å². The van der Waals surface area contributed by atoms with E-state index in [-0.39, 0.29) is 0 Å². The summed E-state index contributed by atoms with van der Waals surface area (Å²) in [7, 11) is 1.58. The predicted octanol–water partition coefficient (Wildman–Crippen LogP) is 4.10. The number of nitrogens with zero attached hydrogens (tertiary/aromatic N) is 2. The molecule has 0 aliphatic rings. The molecule has 2 aromatic rings. The molecule has 0 amide bonds. The van der Waals surface area contributed by atoms with Gasteiger partial charge in [0.2, 0.25) is 0 Å². The third kappa shape index (κ3) is 3.50. The van der Waals surface area contributed by atoms with Crippen LogP contribution in [-0.2, 0) is 6.54 Å². The summed E-state index contributed by atoms with van der Waals surface area (Å²) in [6, 6.07) is 9.30. The topological polar surface area (TPSA) is 57.9 Å². The zero-order valence-electron chi connectivity index (χ0n) is 10.7. The molecule has 4 nitrogen and oxygen atoms in total. The fraction of sp³-hybridized carbons (Fsp3) is 0.143. The summed E-state index contributed by atoms with van der Waals surface area (Å²) in [6.45, 7) is 0.552. The largest absolute Gasteiger partial charge is 0.495 e. The average molecular weight is 397 g/mol. The molecule has 1 heterocycles. The number of aromatic nitrogens is 1. The molecule has 1 aromatic carbocycles. The zero-order valence-corrected chi connectivity index (χ0v) is 13.8. The van der Waals surface area contributed by atoms with Gasteiger partial charge in [-0.2, -0.15) is 5.26 Å². The van der Waals surface area contributed by atoms with Gasteiger partial charge in [0, 0.05) is 21.2 Å². The summed E-state index contributed by atoms with van der Waals surface area (Å²) in [6.07, 6.45) is 1.75. The van der Waals surface area contributed by atoms with Crippen molar-refractivity contribution in [3.8, 4) is 11.8 Å². The molecule has 6 heteroatoms. The highest BCUT2D eigenvalue weighted by molar-refractivity contribution is 9.11. The van der Waals surface area contributed by atoms with Crippen LogP contribution in [0.1, 0.15) is 11.3 Å². The van der Waals surface area contributed by atoms with Crippen LogP contribution in [0.4, 0.5) is 5.69 Å². The highest BCUT2D eigenvalue weighted by Crippen LogP contribution is 2.27. The van der Waals surface area contributed by atoms with Gasteiger partial charge in [-0.15, -0.1) is 0 Å². The van der Waals surface area contributed by atoms with Gasteiger partial charge >= 0.3 is 0 Å². The number of pyridine rings is 1. The number of ether oxygens (including phenoxy) is 1. The SMILES string of the molecule is COc1cc(C#N)ccc1NCc1ncc(Br)cc1Br. The van der Waals surface area contributed by atoms with E-state index in [1.165, 1.54) is 0 Å². The van der Waals surface area contributed by atoms with Crippen LogP contribution in [0.15, 0.2) is 39.4 Å². The summed E-state index contributed by atoms with van der Waals surface area (Å²) < 4.78 is 7.12. The molecule has 0 unspecified atom stereocenters. The normalized spacial score (nSPS) is 9.90. The molecule has 20 heavy (non-hydrogen) atoms. The van der Waals surface area contributed by atoms with Crippen LogP contribution in [0.25, 0.3) is 0 Å². The van der Waals surface area contributed by atoms with Gasteiger partial charge in [-0.05, 0) is 50.1 Å². The first-order chi connectivity index (χ1) is 9.63. The van der Waals surface area contributed by atoms with Crippen LogP contribution in [-0.4, -0.2) is 12.1 Å². The first-order valence-corrected chi connectivity index (χ1v) is 7.34. The van der Waals surface area contributed by atoms with Crippen LogP contribution >= 0.6 is 31.9 Å². The monoisotopic (exact) mass is 395 g/mol. The summed E-state index contributed by atoms with van der Waals surface area (Å²) >= 11 is 6.84. The lowest BCUT2D eigenvalue weighted by atomic mass is 10.2. The van der Waals surface area contributed by atoms with E-state index in [0.717, 1.165) is 20.3 Å². The van der Waals surface area contributed by atoms with Crippen LogP contribution in [0.5, 0.6) is 5.75 Å². The third-order valence-corrected chi connectivity index (χ3v) is 3.78. The van der Waals surface area contributed by atoms with Gasteiger partial charge in [-0.1, -0.05) is 0 Å². The minimum atomic E-state index is 0.552. The summed E-state index contributed by atoms with van der Waals surface area (Å²) in [5.41, 5.74) is 2.28. The quantitative estimate of drug-likeness (QED) is 0.845. The van der Waals surface area contributed by atoms with E-state index in [0.29, 0.717) is 17.9 Å². The van der Waals surface area contributed by atoms with Crippen LogP contribution < -0.4 is 10.1 Å². The first-order valence-electron chi connectivity index (χ1n) is 5.76. The maximum Gasteiger partial charge on any atom is 0.143 e. The van der Waals surface area contributed by atoms with E-state index >= 15 is 0 Å². The molecule has 102 valence electrons. The van der Waals surface area contributed by atoms with Crippen LogP contribution in [0, 0.1) is 11.3 Å². The van der Waals surface area contributed by atoms with E-state index in [4.69, 9.17) is 10.00 Å². The van der Waals surface area contributed by atoms with Gasteiger partial charge in [0.1, 0.15) is 5.75 Å². The van der Waals surface area contributed by atoms with Gasteiger partial charge in [0.05, 0.1) is 36.7 Å². The van der Waals surface area contributed by atoms with Crippen molar-refractivity contribution in [3.05, 3.63) is 50.7 Å². The fourth-order valence-corrected chi connectivity index (χ4v) is 2.79. The van der Waals surface area contributed by atoms with E-state index in [1.54, 1.807) is 25.4 Å². The van der Waals surface area contributed by atoms with Gasteiger partial charge < -0.3 is 10.1 Å². The Labute approximate surface area is 134 Å². The lowest BCUT2D eigenvalue weighted by Crippen LogP contribution is -2.04. The molecular formula is C14H11Br2N3O. The molecular weight excluding hydrogens is 386 g/mol. The third-order valence-electron chi connectivity index (χ3n) is 2.66. The Hall–Kier alpha value is -1.58. The lowest BCUT2D eigenvalue weighted by molar-refractivity contribution is 0.416. The van der Waals surface area contributed by atoms with E-state index in [9.17, 15) is 0 Å². The second kappa shape index (κ2) is 6.73. The Balaban J connectivity index is 2.16. The molecule has 1 N–H and O–H groups in total. The van der Waals surface area contributed by atoms with Gasteiger partial charge in [-0.25, -0.2) is 0 Å². The minimum absolute atomic E-state index is 0.552. The highest BCUT2D eigenvalue weighted by atomic mass is 79.9. The summed E-state index contributed by atoms with van der Waals surface area (Å²) in [4.78, 5) is 4.33. The number of nitriles is 1. The number of nitrogens with one attached hydrogen (secondary N) is 1. The number of benzene rings is 1. The standard InChI is InChI=1S/C14H11Br2N3O/c1-20-14-4-9(6-17)2-3-12(14)19-8-13-11(16)5-10(15)7-18-13/h2-5,7,19H,8H2,1H3. The molecule has 0 atom stereocenters. The molecule has 0 saturated heterocycles. The maximum atomic E-state index is 8.87. The zero-order chi connectivity index (χ0) is 14.5. The Bertz CT molecular complexity index is 668. The second-order valence-corrected chi connectivity index (χ2v) is 5.73. The average Bonchev–Trinajstić information content (AvgIpc) is 2.46. The molecule has 0 spiro atoms. The molecule has 0 aliphatic heterocycles. The number of hydrogen-bond acceptors (Lipinski definition) is 4. The molecule has 1 aromatic heterocycles. The predicted molar refractivity (Wildman–Crippen MR) is 84.7 cm³/mol. The van der Waals surface area contributed by atoms with E-state index < -0.39 is 0 Å². The Kier molecular flexibility index (Phi) is 4.99. The molecule has 0 fully saturated rings. The number of methoxy groups -OCH3 is 1. The van der Waals surface area contributed by atoms with Gasteiger partial charge in [0.25, 0.3) is 0 Å². The Morgan fingerprint density at radius 1 is 1.35 bits per heavy atom. The smallest absolute Gasteiger partial charge is 0.143 e. The van der Waals surface area contributed by atoms with Crippen molar-refractivity contribution in [2.24, 2.45) is 0 Å². The lowest BCUT2D eigenvalue weighted by Gasteiger charge is -2.12. The molecule has 0 radical (unpaired) electrons. The molecule has 0 aliphatic carbocycles. The van der Waals surface area contributed by atoms with Gasteiger partial charge in [0.15, 0.2) is 0 Å². The summed E-state index contributed by atoms with van der Waals surface area (Å²) in [5.74, 6) is 0.636. The first kappa shape index (κ1) is 14.8. The maximum absolute atomic E-state index is 8.87. The Morgan fingerprint density at radius 3 is 2.80 bits per heavy atom. The molecule has 2 rings (SSSR count). The van der Waals surface area contributed by atoms with Crippen molar-refractivity contribution in [1.82, 2.24) is 4.98 Å². The number of hydrogen-bond donors (Lipinski definition) is 1. The highest BCUT2D eigenvalue weighted by Gasteiger charge is 2.06. The fourth-order valence-electron chi connectivity index (χ4n) is 1.66. The van der Waals surface area contributed by atoms with Crippen molar-refractivity contribution in [2.45, 2.75) is 6.54 Å². The van der Waals surface area contributed by atoms with Crippen molar-refractivity contribution in [3.63, 3.8) is 0 Å². The molecule has 0 saturated carbocycles. The van der Waals surface area contributed by atoms with Crippen molar-refractivity contribution in [1.29, 1.82) is 5.26 Å².